The van der Waals surface area contributed by atoms with E-state index in [1.54, 1.807) is 16.7 Å². The fourth-order valence-corrected chi connectivity index (χ4v) is 27.1. The molecule has 4 N–H and O–H groups in total. The van der Waals surface area contributed by atoms with Crippen LogP contribution in [-0.2, 0) is 39.1 Å². The van der Waals surface area contributed by atoms with Crippen molar-refractivity contribution >= 4 is 0 Å². The lowest BCUT2D eigenvalue weighted by atomic mass is 9.36. The van der Waals surface area contributed by atoms with Gasteiger partial charge >= 0.3 is 0 Å². The maximum atomic E-state index is 11.2. The Bertz CT molecular complexity index is 3510. The zero-order valence-electron chi connectivity index (χ0n) is 62.0. The van der Waals surface area contributed by atoms with Crippen molar-refractivity contribution in [1.29, 1.82) is 0 Å². The number of hydrogen-bond donors (Lipinski definition) is 4. The standard InChI is InChI=1S/C49H64O3.C46H58O3/c1-51-45-22-20-40(25-43(45)36-14-8-4-9-15-36)48-28-34-27-47(31-48,39-19-18-38(30-50)42(24-39)35-12-6-3-7-13-35)32-49(29-34,33-48)41-21-23-46(52-2)44(26-41)37-16-10-5-11-17-37;47-41-19-16-35(22-38(41)32-10-4-1-5-11-32)44-25-31-26-45(28-44,36-17-20-42(48)39(23-36)33-12-6-2-7-13-33)30-46(27-31,29-44)37-18-21-43(49)40(24-37)34-14-8-3-9-15-34/h18-26,34-37,50H,3-17,27-33H2,1-2H3;16-24,31-34,47-49H,1-15,25-30H2. The van der Waals surface area contributed by atoms with Gasteiger partial charge < -0.3 is 29.9 Å². The topological polar surface area (TPSA) is 99.4 Å². The Morgan fingerprint density at radius 3 is 0.752 bits per heavy atom. The fourth-order valence-electron chi connectivity index (χ4n) is 27.1. The maximum Gasteiger partial charge on any atom is 0.122 e. The van der Waals surface area contributed by atoms with Crippen molar-refractivity contribution in [2.24, 2.45) is 11.8 Å². The van der Waals surface area contributed by atoms with Gasteiger partial charge in [0.1, 0.15) is 28.7 Å². The first-order valence-corrected chi connectivity index (χ1v) is 41.9. The average molecular weight is 1360 g/mol. The SMILES string of the molecule is COc1ccc(C23CC4CC(c5ccc(CO)c(C6CCCCC6)c5)(C2)CC(c2ccc(OC)c(C5CCCCC5)c2)(C4)C3)cc1C1CCCCC1.Oc1ccc(C23CC4CC(c5ccc(O)c(C6CCCCC6)c5)(C2)CC(c2ccc(O)c(C5CCCCC5)c2)(C4)C3)cc1C1CCCCC1. The normalized spacial score (nSPS) is 31.8. The molecule has 0 radical (unpaired) electrons. The molecule has 6 aromatic carbocycles. The Morgan fingerprint density at radius 2 is 0.495 bits per heavy atom. The summed E-state index contributed by atoms with van der Waals surface area (Å²) in [4.78, 5) is 0. The molecule has 0 amide bonds. The van der Waals surface area contributed by atoms with Crippen LogP contribution in [-0.4, -0.2) is 34.6 Å². The molecule has 2 unspecified atom stereocenters. The highest BCUT2D eigenvalue weighted by Crippen LogP contribution is 2.74. The largest absolute Gasteiger partial charge is 0.508 e. The van der Waals surface area contributed by atoms with E-state index < -0.39 is 0 Å². The van der Waals surface area contributed by atoms with E-state index in [0.717, 1.165) is 30.8 Å². The van der Waals surface area contributed by atoms with Gasteiger partial charge in [-0.25, -0.2) is 0 Å². The van der Waals surface area contributed by atoms with E-state index in [0.29, 0.717) is 64.6 Å². The number of aliphatic hydroxyl groups excluding tert-OH is 1. The highest BCUT2D eigenvalue weighted by molar-refractivity contribution is 5.55. The molecule has 20 rings (SSSR count). The summed E-state index contributed by atoms with van der Waals surface area (Å²) < 4.78 is 12.2. The molecule has 14 aliphatic rings. The summed E-state index contributed by atoms with van der Waals surface area (Å²) in [6.07, 6.45) is 53.3. The third kappa shape index (κ3) is 12.6. The van der Waals surface area contributed by atoms with E-state index >= 15 is 0 Å². The molecule has 0 spiro atoms. The molecule has 6 heteroatoms. The molecular formula is C95H122O6. The number of phenols is 3. The first-order valence-electron chi connectivity index (χ1n) is 41.9. The summed E-state index contributed by atoms with van der Waals surface area (Å²) in [5, 5.41) is 44.3. The molecule has 14 fully saturated rings. The monoisotopic (exact) mass is 1360 g/mol. The third-order valence-electron chi connectivity index (χ3n) is 30.9. The number of methoxy groups -OCH3 is 2. The third-order valence-corrected chi connectivity index (χ3v) is 30.9. The lowest BCUT2D eigenvalue weighted by Gasteiger charge is -2.67. The van der Waals surface area contributed by atoms with Gasteiger partial charge in [0.05, 0.1) is 20.8 Å². The first-order chi connectivity index (χ1) is 49.3. The highest BCUT2D eigenvalue weighted by atomic mass is 16.5. The van der Waals surface area contributed by atoms with Crippen molar-refractivity contribution in [3.8, 4) is 28.7 Å². The van der Waals surface area contributed by atoms with Gasteiger partial charge in [0.15, 0.2) is 0 Å². The van der Waals surface area contributed by atoms with Crippen LogP contribution in [0.25, 0.3) is 0 Å². The Kier molecular flexibility index (Phi) is 18.9. The maximum absolute atomic E-state index is 11.2. The van der Waals surface area contributed by atoms with Crippen LogP contribution in [0.4, 0.5) is 0 Å². The first kappa shape index (κ1) is 68.4. The van der Waals surface area contributed by atoms with Crippen LogP contribution in [0, 0.1) is 11.8 Å². The number of ether oxygens (including phenoxy) is 2. The predicted molar refractivity (Wildman–Crippen MR) is 410 cm³/mol. The average Bonchev–Trinajstić information content (AvgIpc) is 0.687. The Balaban J connectivity index is 0.000000151. The van der Waals surface area contributed by atoms with Gasteiger partial charge in [0, 0.05) is 0 Å². The van der Waals surface area contributed by atoms with E-state index in [1.165, 1.54) is 306 Å². The van der Waals surface area contributed by atoms with E-state index in [1.807, 2.05) is 32.4 Å². The van der Waals surface area contributed by atoms with Gasteiger partial charge in [0.25, 0.3) is 0 Å². The van der Waals surface area contributed by atoms with Crippen LogP contribution in [0.2, 0.25) is 0 Å². The minimum absolute atomic E-state index is 0.0440. The van der Waals surface area contributed by atoms with E-state index in [4.69, 9.17) is 9.47 Å². The lowest BCUT2D eigenvalue weighted by Crippen LogP contribution is -2.62. The molecule has 14 aliphatic carbocycles. The summed E-state index contributed by atoms with van der Waals surface area (Å²) in [6, 6.07) is 42.9. The van der Waals surface area contributed by atoms with Crippen molar-refractivity contribution in [2.75, 3.05) is 14.2 Å². The van der Waals surface area contributed by atoms with Crippen LogP contribution >= 0.6 is 0 Å². The molecule has 0 aliphatic heterocycles. The van der Waals surface area contributed by atoms with Crippen LogP contribution in [0.1, 0.15) is 378 Å². The molecule has 0 heterocycles. The van der Waals surface area contributed by atoms with Crippen LogP contribution in [0.3, 0.4) is 0 Å². The second kappa shape index (κ2) is 28.0. The van der Waals surface area contributed by atoms with Crippen molar-refractivity contribution in [1.82, 2.24) is 0 Å². The molecule has 14 saturated carbocycles. The summed E-state index contributed by atoms with van der Waals surface area (Å²) in [5.74, 6) is 8.25. The molecule has 6 nitrogen and oxygen atoms in total. The molecular weight excluding hydrogens is 1240 g/mol. The van der Waals surface area contributed by atoms with Crippen molar-refractivity contribution in [3.05, 3.63) is 182 Å². The van der Waals surface area contributed by atoms with Gasteiger partial charge in [-0.15, -0.1) is 0 Å². The zero-order chi connectivity index (χ0) is 68.6. The van der Waals surface area contributed by atoms with Crippen molar-refractivity contribution < 1.29 is 29.9 Å². The second-order valence-corrected chi connectivity index (χ2v) is 37.0. The quantitative estimate of drug-likeness (QED) is 0.0818. The Labute approximate surface area is 607 Å². The van der Waals surface area contributed by atoms with Gasteiger partial charge in [-0.1, -0.05) is 194 Å². The minimum atomic E-state index is 0.0440. The van der Waals surface area contributed by atoms with Gasteiger partial charge in [-0.3, -0.25) is 0 Å². The summed E-state index contributed by atoms with van der Waals surface area (Å²) in [6.45, 7) is 0.154. The minimum Gasteiger partial charge on any atom is -0.508 e. The van der Waals surface area contributed by atoms with E-state index in [-0.39, 0.29) is 39.1 Å². The zero-order valence-corrected chi connectivity index (χ0v) is 62.0. The van der Waals surface area contributed by atoms with Crippen LogP contribution in [0.15, 0.2) is 109 Å². The van der Waals surface area contributed by atoms with Gasteiger partial charge in [0.2, 0.25) is 0 Å². The smallest absolute Gasteiger partial charge is 0.122 e. The molecule has 0 saturated heterocycles. The number of hydrogen-bond acceptors (Lipinski definition) is 6. The predicted octanol–water partition coefficient (Wildman–Crippen LogP) is 24.5. The molecule has 8 bridgehead atoms. The number of aliphatic hydroxyl groups is 1. The van der Waals surface area contributed by atoms with Gasteiger partial charge in [-0.2, -0.15) is 0 Å². The number of rotatable bonds is 15. The fraction of sp³-hybridized carbons (Fsp3) is 0.621. The molecule has 101 heavy (non-hydrogen) atoms. The van der Waals surface area contributed by atoms with E-state index in [2.05, 4.69) is 91.0 Å². The van der Waals surface area contributed by atoms with Crippen LogP contribution in [0.5, 0.6) is 28.7 Å². The van der Waals surface area contributed by atoms with Crippen molar-refractivity contribution in [2.45, 2.75) is 344 Å². The molecule has 0 aromatic heterocycles. The Hall–Kier alpha value is -5.72. The van der Waals surface area contributed by atoms with Crippen LogP contribution < -0.4 is 9.47 Å². The molecule has 538 valence electrons. The Morgan fingerprint density at radius 1 is 0.277 bits per heavy atom. The molecule has 6 aromatic rings. The summed E-state index contributed by atoms with van der Waals surface area (Å²) in [7, 11) is 3.76. The van der Waals surface area contributed by atoms with Crippen molar-refractivity contribution in [3.63, 3.8) is 0 Å². The molecule has 2 atom stereocenters. The second-order valence-electron chi connectivity index (χ2n) is 37.0. The number of aromatic hydroxyl groups is 3. The number of phenolic OH excluding ortho intramolecular Hbond substituents is 3. The lowest BCUT2D eigenvalue weighted by molar-refractivity contribution is -0.0497. The summed E-state index contributed by atoms with van der Waals surface area (Å²) in [5.41, 5.74) is 18.9. The highest BCUT2D eigenvalue weighted by Gasteiger charge is 2.66. The van der Waals surface area contributed by atoms with E-state index in [9.17, 15) is 20.4 Å². The van der Waals surface area contributed by atoms with Gasteiger partial charge in [-0.05, 0) is 337 Å². The summed E-state index contributed by atoms with van der Waals surface area (Å²) >= 11 is 0. The number of benzene rings is 6.